The molecule has 0 radical (unpaired) electrons. The molecule has 21 heavy (non-hydrogen) atoms. The van der Waals surface area contributed by atoms with Gasteiger partial charge in [-0.3, -0.25) is 4.99 Å². The third kappa shape index (κ3) is 2.68. The van der Waals surface area contributed by atoms with Gasteiger partial charge in [-0.25, -0.2) is 0 Å². The molecule has 1 unspecified atom stereocenters. The molecule has 0 spiro atoms. The predicted octanol–water partition coefficient (Wildman–Crippen LogP) is 3.89. The van der Waals surface area contributed by atoms with E-state index in [1.165, 1.54) is 11.1 Å². The number of benzene rings is 2. The highest BCUT2D eigenvalue weighted by Gasteiger charge is 2.30. The summed E-state index contributed by atoms with van der Waals surface area (Å²) >= 11 is 3.53. The lowest BCUT2D eigenvalue weighted by Crippen LogP contribution is -2.36. The highest BCUT2D eigenvalue weighted by atomic mass is 79.9. The standard InChI is InChI=1S/C17H18BrN3/c1-2-12-6-3-4-9-15(12)16-11-20-17(19)21(16)14-8-5-7-13(18)10-14/h3-10,16H,2,11H2,1H3,(H2,19,20). The van der Waals surface area contributed by atoms with Crippen molar-refractivity contribution >= 4 is 27.6 Å². The zero-order chi connectivity index (χ0) is 14.8. The van der Waals surface area contributed by atoms with Crippen LogP contribution in [0, 0.1) is 0 Å². The number of hydrogen-bond acceptors (Lipinski definition) is 3. The van der Waals surface area contributed by atoms with Crippen molar-refractivity contribution in [3.8, 4) is 0 Å². The lowest BCUT2D eigenvalue weighted by Gasteiger charge is -2.28. The Hall–Kier alpha value is -1.81. The Morgan fingerprint density at radius 1 is 1.24 bits per heavy atom. The summed E-state index contributed by atoms with van der Waals surface area (Å²) < 4.78 is 1.04. The van der Waals surface area contributed by atoms with Crippen molar-refractivity contribution in [2.45, 2.75) is 19.4 Å². The van der Waals surface area contributed by atoms with Crippen LogP contribution < -0.4 is 10.6 Å². The Bertz CT molecular complexity index is 681. The molecule has 4 heteroatoms. The topological polar surface area (TPSA) is 41.6 Å². The van der Waals surface area contributed by atoms with E-state index in [1.54, 1.807) is 0 Å². The maximum Gasteiger partial charge on any atom is 0.196 e. The van der Waals surface area contributed by atoms with E-state index in [9.17, 15) is 0 Å². The van der Waals surface area contributed by atoms with Gasteiger partial charge >= 0.3 is 0 Å². The second-order valence-corrected chi connectivity index (χ2v) is 6.03. The number of aryl methyl sites for hydroxylation is 1. The van der Waals surface area contributed by atoms with Crippen LogP contribution in [0.2, 0.25) is 0 Å². The lowest BCUT2D eigenvalue weighted by molar-refractivity contribution is 0.756. The van der Waals surface area contributed by atoms with Gasteiger partial charge in [0.25, 0.3) is 0 Å². The number of hydrogen-bond donors (Lipinski definition) is 1. The van der Waals surface area contributed by atoms with Crippen LogP contribution in [0.5, 0.6) is 0 Å². The monoisotopic (exact) mass is 343 g/mol. The fourth-order valence-electron chi connectivity index (χ4n) is 2.85. The third-order valence-corrected chi connectivity index (χ3v) is 4.36. The molecule has 1 aliphatic rings. The largest absolute Gasteiger partial charge is 0.369 e. The van der Waals surface area contributed by atoms with Gasteiger partial charge in [-0.15, -0.1) is 0 Å². The molecule has 3 rings (SSSR count). The Labute approximate surface area is 133 Å². The van der Waals surface area contributed by atoms with E-state index in [0.717, 1.165) is 16.6 Å². The molecule has 1 heterocycles. The average Bonchev–Trinajstić information content (AvgIpc) is 2.88. The van der Waals surface area contributed by atoms with Crippen LogP contribution in [0.25, 0.3) is 0 Å². The number of halogens is 1. The predicted molar refractivity (Wildman–Crippen MR) is 91.7 cm³/mol. The molecular weight excluding hydrogens is 326 g/mol. The quantitative estimate of drug-likeness (QED) is 0.918. The average molecular weight is 344 g/mol. The maximum absolute atomic E-state index is 6.14. The van der Waals surface area contributed by atoms with Crippen LogP contribution in [-0.4, -0.2) is 12.5 Å². The van der Waals surface area contributed by atoms with Gasteiger partial charge in [0, 0.05) is 10.2 Å². The van der Waals surface area contributed by atoms with Crippen LogP contribution in [0.15, 0.2) is 58.0 Å². The number of nitrogens with two attached hydrogens (primary N) is 1. The molecule has 0 saturated heterocycles. The van der Waals surface area contributed by atoms with E-state index in [4.69, 9.17) is 5.73 Å². The minimum Gasteiger partial charge on any atom is -0.369 e. The SMILES string of the molecule is CCc1ccccc1C1CN=C(N)N1c1cccc(Br)c1. The summed E-state index contributed by atoms with van der Waals surface area (Å²) in [4.78, 5) is 6.59. The van der Waals surface area contributed by atoms with Crippen molar-refractivity contribution in [1.29, 1.82) is 0 Å². The molecule has 0 amide bonds. The smallest absolute Gasteiger partial charge is 0.196 e. The molecule has 108 valence electrons. The molecule has 3 nitrogen and oxygen atoms in total. The lowest BCUT2D eigenvalue weighted by atomic mass is 9.97. The molecule has 2 aromatic carbocycles. The summed E-state index contributed by atoms with van der Waals surface area (Å²) in [5.74, 6) is 0.587. The minimum absolute atomic E-state index is 0.176. The Morgan fingerprint density at radius 2 is 2.05 bits per heavy atom. The van der Waals surface area contributed by atoms with Crippen LogP contribution in [-0.2, 0) is 6.42 Å². The molecule has 2 N–H and O–H groups in total. The molecular formula is C17H18BrN3. The van der Waals surface area contributed by atoms with Gasteiger partial charge in [-0.1, -0.05) is 53.2 Å². The number of aliphatic imine (C=N–C) groups is 1. The normalized spacial score (nSPS) is 17.9. The summed E-state index contributed by atoms with van der Waals surface area (Å²) in [5.41, 5.74) is 9.87. The van der Waals surface area contributed by atoms with Crippen molar-refractivity contribution in [2.75, 3.05) is 11.4 Å². The Morgan fingerprint density at radius 3 is 2.81 bits per heavy atom. The number of anilines is 1. The fraction of sp³-hybridized carbons (Fsp3) is 0.235. The van der Waals surface area contributed by atoms with Gasteiger partial charge < -0.3 is 10.6 Å². The molecule has 1 atom stereocenters. The highest BCUT2D eigenvalue weighted by Crippen LogP contribution is 2.33. The summed E-state index contributed by atoms with van der Waals surface area (Å²) in [7, 11) is 0. The van der Waals surface area contributed by atoms with Crippen LogP contribution in [0.4, 0.5) is 5.69 Å². The van der Waals surface area contributed by atoms with E-state index in [0.29, 0.717) is 12.5 Å². The minimum atomic E-state index is 0.176. The second kappa shape index (κ2) is 5.90. The van der Waals surface area contributed by atoms with Gasteiger partial charge in [-0.2, -0.15) is 0 Å². The van der Waals surface area contributed by atoms with Crippen molar-refractivity contribution in [3.05, 3.63) is 64.1 Å². The molecule has 0 aromatic heterocycles. The summed E-state index contributed by atoms with van der Waals surface area (Å²) in [6, 6.07) is 16.9. The first-order valence-corrected chi connectivity index (χ1v) is 7.92. The highest BCUT2D eigenvalue weighted by molar-refractivity contribution is 9.10. The first-order valence-electron chi connectivity index (χ1n) is 7.13. The van der Waals surface area contributed by atoms with Crippen LogP contribution in [0.3, 0.4) is 0 Å². The maximum atomic E-state index is 6.14. The van der Waals surface area contributed by atoms with E-state index in [-0.39, 0.29) is 6.04 Å². The Kier molecular flexibility index (Phi) is 3.97. The summed E-state index contributed by atoms with van der Waals surface area (Å²) in [6.45, 7) is 2.89. The van der Waals surface area contributed by atoms with E-state index in [1.807, 2.05) is 12.1 Å². The van der Waals surface area contributed by atoms with E-state index in [2.05, 4.69) is 69.1 Å². The van der Waals surface area contributed by atoms with Crippen molar-refractivity contribution in [1.82, 2.24) is 0 Å². The first kappa shape index (κ1) is 14.1. The van der Waals surface area contributed by atoms with Gasteiger partial charge in [-0.05, 0) is 35.7 Å². The number of guanidine groups is 1. The molecule has 0 bridgehead atoms. The number of nitrogens with zero attached hydrogens (tertiary/aromatic N) is 2. The van der Waals surface area contributed by atoms with Gasteiger partial charge in [0.2, 0.25) is 0 Å². The summed E-state index contributed by atoms with van der Waals surface area (Å²) in [5, 5.41) is 0. The Balaban J connectivity index is 2.03. The van der Waals surface area contributed by atoms with Gasteiger partial charge in [0.15, 0.2) is 5.96 Å². The molecule has 0 fully saturated rings. The van der Waals surface area contributed by atoms with Crippen LogP contribution >= 0.6 is 15.9 Å². The molecule has 2 aromatic rings. The summed E-state index contributed by atoms with van der Waals surface area (Å²) in [6.07, 6.45) is 1.01. The first-order chi connectivity index (χ1) is 10.2. The second-order valence-electron chi connectivity index (χ2n) is 5.12. The number of rotatable bonds is 3. The van der Waals surface area contributed by atoms with Crippen molar-refractivity contribution in [2.24, 2.45) is 10.7 Å². The van der Waals surface area contributed by atoms with Gasteiger partial charge in [0.05, 0.1) is 12.6 Å². The van der Waals surface area contributed by atoms with E-state index < -0.39 is 0 Å². The molecule has 1 aliphatic heterocycles. The fourth-order valence-corrected chi connectivity index (χ4v) is 3.24. The van der Waals surface area contributed by atoms with Crippen LogP contribution in [0.1, 0.15) is 24.1 Å². The van der Waals surface area contributed by atoms with Crippen molar-refractivity contribution in [3.63, 3.8) is 0 Å². The van der Waals surface area contributed by atoms with Gasteiger partial charge in [0.1, 0.15) is 0 Å². The zero-order valence-electron chi connectivity index (χ0n) is 12.0. The molecule has 0 saturated carbocycles. The molecule has 0 aliphatic carbocycles. The zero-order valence-corrected chi connectivity index (χ0v) is 13.5. The van der Waals surface area contributed by atoms with E-state index >= 15 is 0 Å². The third-order valence-electron chi connectivity index (χ3n) is 3.87. The van der Waals surface area contributed by atoms with Crippen molar-refractivity contribution < 1.29 is 0 Å².